The first kappa shape index (κ1) is 9.78. The summed E-state index contributed by atoms with van der Waals surface area (Å²) in [7, 11) is 0. The van der Waals surface area contributed by atoms with Gasteiger partial charge in [0.05, 0.1) is 12.1 Å². The number of aliphatic hydroxyl groups excluding tert-OH is 1. The maximum Gasteiger partial charge on any atom is 0.0670 e. The van der Waals surface area contributed by atoms with Crippen molar-refractivity contribution in [3.05, 3.63) is 24.5 Å². The highest BCUT2D eigenvalue weighted by Gasteiger charge is 2.34. The molecular formula is C12H19NO. The molecule has 1 N–H and O–H groups in total. The van der Waals surface area contributed by atoms with Crippen molar-refractivity contribution in [2.75, 3.05) is 6.61 Å². The predicted octanol–water partition coefficient (Wildman–Crippen LogP) is 2.39. The maximum absolute atomic E-state index is 9.58. The van der Waals surface area contributed by atoms with Crippen molar-refractivity contribution in [2.24, 2.45) is 5.92 Å². The van der Waals surface area contributed by atoms with Gasteiger partial charge in [-0.1, -0.05) is 6.92 Å². The molecule has 1 aromatic rings. The van der Waals surface area contributed by atoms with Gasteiger partial charge in [-0.15, -0.1) is 0 Å². The zero-order valence-corrected chi connectivity index (χ0v) is 8.82. The minimum Gasteiger partial charge on any atom is -0.394 e. The number of aliphatic hydroxyl groups is 1. The molecule has 78 valence electrons. The van der Waals surface area contributed by atoms with Crippen LogP contribution in [0.5, 0.6) is 0 Å². The van der Waals surface area contributed by atoms with Crippen LogP contribution in [0.25, 0.3) is 0 Å². The van der Waals surface area contributed by atoms with E-state index in [1.54, 1.807) is 0 Å². The molecule has 1 aliphatic rings. The van der Waals surface area contributed by atoms with Gasteiger partial charge in [-0.3, -0.25) is 0 Å². The highest BCUT2D eigenvalue weighted by Crippen LogP contribution is 2.37. The fourth-order valence-electron chi connectivity index (χ4n) is 2.45. The lowest BCUT2D eigenvalue weighted by atomic mass is 9.77. The van der Waals surface area contributed by atoms with Crippen molar-refractivity contribution in [3.63, 3.8) is 0 Å². The number of hydrogen-bond donors (Lipinski definition) is 1. The van der Waals surface area contributed by atoms with Gasteiger partial charge in [-0.2, -0.15) is 0 Å². The van der Waals surface area contributed by atoms with E-state index in [2.05, 4.69) is 23.9 Å². The van der Waals surface area contributed by atoms with E-state index in [0.717, 1.165) is 18.8 Å². The van der Waals surface area contributed by atoms with Crippen LogP contribution >= 0.6 is 0 Å². The zero-order valence-electron chi connectivity index (χ0n) is 8.82. The van der Waals surface area contributed by atoms with Crippen LogP contribution < -0.4 is 0 Å². The van der Waals surface area contributed by atoms with Crippen molar-refractivity contribution >= 4 is 0 Å². The third-order valence-corrected chi connectivity index (χ3v) is 3.65. The molecule has 1 fully saturated rings. The minimum absolute atomic E-state index is 0.00396. The van der Waals surface area contributed by atoms with Crippen LogP contribution in [-0.2, 0) is 5.54 Å². The maximum atomic E-state index is 9.58. The van der Waals surface area contributed by atoms with E-state index in [0.29, 0.717) is 0 Å². The molecule has 0 amide bonds. The second-order valence-corrected chi connectivity index (χ2v) is 4.66. The molecule has 0 radical (unpaired) electrons. The van der Waals surface area contributed by atoms with Gasteiger partial charge < -0.3 is 9.67 Å². The Morgan fingerprint density at radius 1 is 1.29 bits per heavy atom. The molecule has 14 heavy (non-hydrogen) atoms. The van der Waals surface area contributed by atoms with Gasteiger partial charge in [0, 0.05) is 12.4 Å². The first-order chi connectivity index (χ1) is 6.77. The van der Waals surface area contributed by atoms with Crippen molar-refractivity contribution in [3.8, 4) is 0 Å². The summed E-state index contributed by atoms with van der Waals surface area (Å²) in [5.41, 5.74) is -0.00396. The van der Waals surface area contributed by atoms with E-state index in [-0.39, 0.29) is 12.1 Å². The molecule has 0 atom stereocenters. The Morgan fingerprint density at radius 3 is 2.36 bits per heavy atom. The van der Waals surface area contributed by atoms with Crippen LogP contribution in [0.4, 0.5) is 0 Å². The van der Waals surface area contributed by atoms with E-state index in [4.69, 9.17) is 0 Å². The zero-order chi connectivity index (χ0) is 10.0. The third kappa shape index (κ3) is 1.59. The van der Waals surface area contributed by atoms with Crippen LogP contribution in [0.3, 0.4) is 0 Å². The van der Waals surface area contributed by atoms with Crippen molar-refractivity contribution < 1.29 is 5.11 Å². The SMILES string of the molecule is CC1CCC(CO)(n2cccc2)CC1. The lowest BCUT2D eigenvalue weighted by Crippen LogP contribution is -2.40. The van der Waals surface area contributed by atoms with Crippen LogP contribution in [0, 0.1) is 5.92 Å². The van der Waals surface area contributed by atoms with Gasteiger partial charge in [-0.05, 0) is 43.7 Å². The van der Waals surface area contributed by atoms with Gasteiger partial charge in [-0.25, -0.2) is 0 Å². The van der Waals surface area contributed by atoms with Gasteiger partial charge in [0.25, 0.3) is 0 Å². The first-order valence-electron chi connectivity index (χ1n) is 5.51. The lowest BCUT2D eigenvalue weighted by molar-refractivity contribution is 0.0762. The van der Waals surface area contributed by atoms with E-state index in [1.165, 1.54) is 12.8 Å². The van der Waals surface area contributed by atoms with Crippen molar-refractivity contribution in [1.82, 2.24) is 4.57 Å². The Labute approximate surface area is 85.6 Å². The average molecular weight is 193 g/mol. The third-order valence-electron chi connectivity index (χ3n) is 3.65. The number of aromatic nitrogens is 1. The van der Waals surface area contributed by atoms with Crippen LogP contribution in [0.1, 0.15) is 32.6 Å². The largest absolute Gasteiger partial charge is 0.394 e. The van der Waals surface area contributed by atoms with Crippen molar-refractivity contribution in [1.29, 1.82) is 0 Å². The molecule has 2 heteroatoms. The fourth-order valence-corrected chi connectivity index (χ4v) is 2.45. The monoisotopic (exact) mass is 193 g/mol. The summed E-state index contributed by atoms with van der Waals surface area (Å²) in [6, 6.07) is 4.07. The van der Waals surface area contributed by atoms with Crippen molar-refractivity contribution in [2.45, 2.75) is 38.1 Å². The van der Waals surface area contributed by atoms with E-state index in [1.807, 2.05) is 12.1 Å². The van der Waals surface area contributed by atoms with E-state index in [9.17, 15) is 5.11 Å². The number of nitrogens with zero attached hydrogens (tertiary/aromatic N) is 1. The first-order valence-corrected chi connectivity index (χ1v) is 5.51. The second-order valence-electron chi connectivity index (χ2n) is 4.66. The highest BCUT2D eigenvalue weighted by atomic mass is 16.3. The molecule has 1 heterocycles. The molecule has 2 nitrogen and oxygen atoms in total. The molecular weight excluding hydrogens is 174 g/mol. The molecule has 0 saturated heterocycles. The fraction of sp³-hybridized carbons (Fsp3) is 0.667. The van der Waals surface area contributed by atoms with Crippen LogP contribution in [0.15, 0.2) is 24.5 Å². The topological polar surface area (TPSA) is 25.2 Å². The summed E-state index contributed by atoms with van der Waals surface area (Å²) in [5, 5.41) is 9.58. The Hall–Kier alpha value is -0.760. The molecule has 2 rings (SSSR count). The van der Waals surface area contributed by atoms with Crippen LogP contribution in [-0.4, -0.2) is 16.3 Å². The Bertz CT molecular complexity index is 271. The van der Waals surface area contributed by atoms with Gasteiger partial charge in [0.1, 0.15) is 0 Å². The molecule has 1 aliphatic carbocycles. The second kappa shape index (κ2) is 3.77. The van der Waals surface area contributed by atoms with E-state index < -0.39 is 0 Å². The summed E-state index contributed by atoms with van der Waals surface area (Å²) in [6.45, 7) is 2.57. The molecule has 1 aromatic heterocycles. The summed E-state index contributed by atoms with van der Waals surface area (Å²) in [5.74, 6) is 0.824. The Kier molecular flexibility index (Phi) is 2.64. The van der Waals surface area contributed by atoms with Gasteiger partial charge in [0.2, 0.25) is 0 Å². The minimum atomic E-state index is -0.00396. The molecule has 1 saturated carbocycles. The molecule has 0 aromatic carbocycles. The van der Waals surface area contributed by atoms with Gasteiger partial charge >= 0.3 is 0 Å². The van der Waals surface area contributed by atoms with E-state index >= 15 is 0 Å². The standard InChI is InChI=1S/C12H19NO/c1-11-4-6-12(10-14,7-5-11)13-8-2-3-9-13/h2-3,8-9,11,14H,4-7,10H2,1H3. The average Bonchev–Trinajstić information content (AvgIpc) is 2.73. The molecule has 0 aliphatic heterocycles. The number of rotatable bonds is 2. The summed E-state index contributed by atoms with van der Waals surface area (Å²) in [6.07, 6.45) is 8.84. The Morgan fingerprint density at radius 2 is 1.86 bits per heavy atom. The normalized spacial score (nSPS) is 33.1. The lowest BCUT2D eigenvalue weighted by Gasteiger charge is -2.39. The number of hydrogen-bond acceptors (Lipinski definition) is 1. The highest BCUT2D eigenvalue weighted by molar-refractivity contribution is 5.00. The van der Waals surface area contributed by atoms with Gasteiger partial charge in [0.15, 0.2) is 0 Å². The molecule has 0 bridgehead atoms. The summed E-state index contributed by atoms with van der Waals surface area (Å²) >= 11 is 0. The van der Waals surface area contributed by atoms with Crippen LogP contribution in [0.2, 0.25) is 0 Å². The molecule has 0 unspecified atom stereocenters. The smallest absolute Gasteiger partial charge is 0.0670 e. The quantitative estimate of drug-likeness (QED) is 0.766. The predicted molar refractivity (Wildman–Crippen MR) is 57.1 cm³/mol. The summed E-state index contributed by atoms with van der Waals surface area (Å²) in [4.78, 5) is 0. The molecule has 0 spiro atoms. The Balaban J connectivity index is 2.19. The summed E-state index contributed by atoms with van der Waals surface area (Å²) < 4.78 is 2.19.